The van der Waals surface area contributed by atoms with E-state index in [2.05, 4.69) is 25.9 Å². The Bertz CT molecular complexity index is 1590. The Morgan fingerprint density at radius 2 is 1.94 bits per heavy atom. The molecule has 0 aliphatic carbocycles. The van der Waals surface area contributed by atoms with Crippen molar-refractivity contribution in [3.05, 3.63) is 48.5 Å². The molecule has 5 aromatic heterocycles. The number of aliphatic hydroxyl groups excluding tert-OH is 1. The van der Waals surface area contributed by atoms with Crippen molar-refractivity contribution in [1.82, 2.24) is 38.8 Å². The summed E-state index contributed by atoms with van der Waals surface area (Å²) in [6, 6.07) is 6.05. The number of piperidine rings is 1. The molecule has 0 aromatic carbocycles. The van der Waals surface area contributed by atoms with Crippen molar-refractivity contribution in [3.8, 4) is 22.5 Å². The number of fused-ring (bicyclic) bond motifs is 2. The van der Waals surface area contributed by atoms with Gasteiger partial charge in [-0.1, -0.05) is 6.07 Å². The van der Waals surface area contributed by atoms with Crippen LogP contribution in [0.3, 0.4) is 0 Å². The third-order valence-corrected chi connectivity index (χ3v) is 7.03. The van der Waals surface area contributed by atoms with Crippen molar-refractivity contribution in [1.29, 1.82) is 0 Å². The van der Waals surface area contributed by atoms with E-state index in [1.807, 2.05) is 38.4 Å². The lowest BCUT2D eigenvalue weighted by Crippen LogP contribution is -2.40. The molecule has 1 aliphatic rings. The predicted molar refractivity (Wildman–Crippen MR) is 135 cm³/mol. The van der Waals surface area contributed by atoms with Crippen LogP contribution in [-0.2, 0) is 11.8 Å². The molecule has 6 heterocycles. The molecule has 0 atom stereocenters. The topological polar surface area (TPSA) is 132 Å². The molecule has 0 radical (unpaired) electrons. The molecule has 1 aliphatic heterocycles. The Morgan fingerprint density at radius 1 is 1.14 bits per heavy atom. The fourth-order valence-corrected chi connectivity index (χ4v) is 5.13. The predicted octanol–water partition coefficient (Wildman–Crippen LogP) is 2.19. The fraction of sp³-hybridized carbons (Fsp3) is 0.320. The number of rotatable bonds is 4. The van der Waals surface area contributed by atoms with Gasteiger partial charge in [-0.05, 0) is 37.5 Å². The van der Waals surface area contributed by atoms with E-state index in [1.54, 1.807) is 26.5 Å². The zero-order valence-corrected chi connectivity index (χ0v) is 20.2. The lowest BCUT2D eigenvalue weighted by Gasteiger charge is -2.32. The smallest absolute Gasteiger partial charge is 0.248 e. The zero-order chi connectivity index (χ0) is 25.0. The molecule has 3 N–H and O–H groups in total. The van der Waals surface area contributed by atoms with Gasteiger partial charge in [0.1, 0.15) is 23.8 Å². The molecule has 0 unspecified atom stereocenters. The minimum absolute atomic E-state index is 0.184. The first-order valence-electron chi connectivity index (χ1n) is 11.9. The number of carbonyl (C=O) groups excluding carboxylic acids is 1. The van der Waals surface area contributed by atoms with Crippen molar-refractivity contribution < 1.29 is 9.90 Å². The van der Waals surface area contributed by atoms with E-state index in [0.717, 1.165) is 52.0 Å². The quantitative estimate of drug-likeness (QED) is 0.399. The summed E-state index contributed by atoms with van der Waals surface area (Å²) in [5.74, 6) is 0.320. The molecule has 184 valence electrons. The number of likely N-dealkylation sites (tertiary alicyclic amines) is 1. The van der Waals surface area contributed by atoms with Crippen LogP contribution < -0.4 is 5.73 Å². The average Bonchev–Trinajstić information content (AvgIpc) is 3.61. The molecule has 36 heavy (non-hydrogen) atoms. The van der Waals surface area contributed by atoms with Crippen LogP contribution in [0.5, 0.6) is 0 Å². The maximum Gasteiger partial charge on any atom is 0.248 e. The molecular weight excluding hydrogens is 458 g/mol. The Hall–Kier alpha value is -4.25. The molecule has 1 amide bonds. The number of amides is 1. The Labute approximate surface area is 206 Å². The van der Waals surface area contributed by atoms with Gasteiger partial charge in [-0.15, -0.1) is 0 Å². The highest BCUT2D eigenvalue weighted by molar-refractivity contribution is 5.94. The number of nitrogen functional groups attached to an aromatic ring is 1. The normalized spacial score (nSPS) is 14.8. The standard InChI is InChI=1S/C25H27N9O2/c1-15-13-33(17-5-9-32(10-6-17)21(36)14-35)25-22(15)23(26)34-24(29-25)18(12-28-34)16-3-4-19(27-11-16)20-7-8-31(2)30-20/h3-4,7-8,11-13,17,35H,5-6,9-10,14,26H2,1-2H3. The van der Waals surface area contributed by atoms with Crippen LogP contribution in [0.2, 0.25) is 0 Å². The average molecular weight is 486 g/mol. The number of hydrogen-bond donors (Lipinski definition) is 2. The molecule has 5 aromatic rings. The van der Waals surface area contributed by atoms with Gasteiger partial charge in [-0.2, -0.15) is 14.7 Å². The summed E-state index contributed by atoms with van der Waals surface area (Å²) >= 11 is 0. The molecule has 0 bridgehead atoms. The van der Waals surface area contributed by atoms with E-state index in [9.17, 15) is 9.90 Å². The van der Waals surface area contributed by atoms with Crippen LogP contribution >= 0.6 is 0 Å². The highest BCUT2D eigenvalue weighted by Crippen LogP contribution is 2.34. The zero-order valence-electron chi connectivity index (χ0n) is 20.2. The van der Waals surface area contributed by atoms with Crippen LogP contribution in [0.1, 0.15) is 24.4 Å². The number of nitrogens with two attached hydrogens (primary N) is 1. The second kappa shape index (κ2) is 8.45. The molecule has 6 rings (SSSR count). The van der Waals surface area contributed by atoms with Crippen molar-refractivity contribution in [2.75, 3.05) is 25.4 Å². The van der Waals surface area contributed by atoms with Crippen LogP contribution in [0.15, 0.2) is 43.0 Å². The summed E-state index contributed by atoms with van der Waals surface area (Å²) in [7, 11) is 1.88. The number of pyridine rings is 1. The Morgan fingerprint density at radius 3 is 2.61 bits per heavy atom. The first-order valence-corrected chi connectivity index (χ1v) is 11.9. The highest BCUT2D eigenvalue weighted by Gasteiger charge is 2.26. The summed E-state index contributed by atoms with van der Waals surface area (Å²) < 4.78 is 5.62. The van der Waals surface area contributed by atoms with E-state index < -0.39 is 6.61 Å². The Balaban J connectivity index is 1.39. The second-order valence-electron chi connectivity index (χ2n) is 9.29. The van der Waals surface area contributed by atoms with Gasteiger partial charge in [0.2, 0.25) is 5.91 Å². The van der Waals surface area contributed by atoms with E-state index >= 15 is 0 Å². The van der Waals surface area contributed by atoms with Crippen LogP contribution in [-0.4, -0.2) is 69.5 Å². The van der Waals surface area contributed by atoms with Gasteiger partial charge >= 0.3 is 0 Å². The summed E-state index contributed by atoms with van der Waals surface area (Å²) in [5.41, 5.74) is 12.5. The molecule has 0 saturated carbocycles. The van der Waals surface area contributed by atoms with Gasteiger partial charge in [0, 0.05) is 55.9 Å². The minimum atomic E-state index is -0.450. The molecular formula is C25H27N9O2. The van der Waals surface area contributed by atoms with Crippen LogP contribution in [0.4, 0.5) is 5.82 Å². The number of hydrogen-bond acceptors (Lipinski definition) is 7. The maximum atomic E-state index is 11.9. The van der Waals surface area contributed by atoms with Gasteiger partial charge < -0.3 is 20.3 Å². The summed E-state index contributed by atoms with van der Waals surface area (Å²) in [6.45, 7) is 2.78. The van der Waals surface area contributed by atoms with Gasteiger partial charge in [-0.3, -0.25) is 14.5 Å². The first kappa shape index (κ1) is 22.2. The van der Waals surface area contributed by atoms with Crippen molar-refractivity contribution in [3.63, 3.8) is 0 Å². The summed E-state index contributed by atoms with van der Waals surface area (Å²) in [4.78, 5) is 23.2. The molecule has 1 saturated heterocycles. The van der Waals surface area contributed by atoms with Gasteiger partial charge in [0.05, 0.1) is 17.3 Å². The van der Waals surface area contributed by atoms with E-state index in [-0.39, 0.29) is 11.9 Å². The third kappa shape index (κ3) is 3.51. The number of aliphatic hydroxyl groups is 1. The Kier molecular flexibility index (Phi) is 5.22. The van der Waals surface area contributed by atoms with Crippen molar-refractivity contribution >= 4 is 28.4 Å². The lowest BCUT2D eigenvalue weighted by molar-refractivity contribution is -0.135. The van der Waals surface area contributed by atoms with Crippen LogP contribution in [0, 0.1) is 6.92 Å². The van der Waals surface area contributed by atoms with Gasteiger partial charge in [0.25, 0.3) is 0 Å². The number of aryl methyl sites for hydroxylation is 2. The second-order valence-corrected chi connectivity index (χ2v) is 9.29. The molecule has 11 heteroatoms. The molecule has 1 fully saturated rings. The third-order valence-electron chi connectivity index (χ3n) is 7.03. The van der Waals surface area contributed by atoms with Crippen molar-refractivity contribution in [2.45, 2.75) is 25.8 Å². The number of carbonyl (C=O) groups is 1. The SMILES string of the molecule is Cc1cn(C2CCN(C(=O)CO)CC2)c2nc3c(-c4ccc(-c5ccn(C)n5)nc4)cnn3c(N)c12. The van der Waals surface area contributed by atoms with Gasteiger partial charge in [-0.25, -0.2) is 4.98 Å². The summed E-state index contributed by atoms with van der Waals surface area (Å²) in [6.07, 6.45) is 9.12. The minimum Gasteiger partial charge on any atom is -0.387 e. The van der Waals surface area contributed by atoms with Crippen molar-refractivity contribution in [2.24, 2.45) is 7.05 Å². The van der Waals surface area contributed by atoms with E-state index in [4.69, 9.17) is 10.7 Å². The lowest BCUT2D eigenvalue weighted by atomic mass is 10.0. The first-order chi connectivity index (χ1) is 17.4. The highest BCUT2D eigenvalue weighted by atomic mass is 16.3. The monoisotopic (exact) mass is 485 g/mol. The fourth-order valence-electron chi connectivity index (χ4n) is 5.13. The number of anilines is 1. The van der Waals surface area contributed by atoms with E-state index in [1.165, 1.54) is 0 Å². The summed E-state index contributed by atoms with van der Waals surface area (Å²) in [5, 5.41) is 19.0. The molecule has 0 spiro atoms. The largest absolute Gasteiger partial charge is 0.387 e. The number of aromatic nitrogens is 7. The molecule has 11 nitrogen and oxygen atoms in total. The number of nitrogens with zero attached hydrogens (tertiary/aromatic N) is 8. The van der Waals surface area contributed by atoms with Gasteiger partial charge in [0.15, 0.2) is 5.65 Å². The maximum absolute atomic E-state index is 11.9. The van der Waals surface area contributed by atoms with Crippen LogP contribution in [0.25, 0.3) is 39.2 Å². The van der Waals surface area contributed by atoms with E-state index in [0.29, 0.717) is 24.6 Å².